The van der Waals surface area contributed by atoms with Gasteiger partial charge in [0.1, 0.15) is 0 Å². The third-order valence-corrected chi connectivity index (χ3v) is 4.73. The van der Waals surface area contributed by atoms with E-state index in [1.807, 2.05) is 24.3 Å². The van der Waals surface area contributed by atoms with E-state index in [-0.39, 0.29) is 12.4 Å². The van der Waals surface area contributed by atoms with Gasteiger partial charge < -0.3 is 16.2 Å². The van der Waals surface area contributed by atoms with Crippen molar-refractivity contribution >= 4 is 28.9 Å². The van der Waals surface area contributed by atoms with Gasteiger partial charge in [0.25, 0.3) is 6.47 Å². The van der Waals surface area contributed by atoms with Gasteiger partial charge in [0.2, 0.25) is 0 Å². The van der Waals surface area contributed by atoms with Crippen molar-refractivity contribution in [2.45, 2.75) is 25.2 Å². The second-order valence-electron chi connectivity index (χ2n) is 5.21. The van der Waals surface area contributed by atoms with E-state index in [9.17, 15) is 0 Å². The third kappa shape index (κ3) is 4.30. The number of hydrogen-bond acceptors (Lipinski definition) is 5. The number of fused-ring (bicyclic) bond motifs is 1. The Morgan fingerprint density at radius 2 is 2.17 bits per heavy atom. The molecule has 0 saturated carbocycles. The summed E-state index contributed by atoms with van der Waals surface area (Å²) in [5, 5.41) is 26.5. The van der Waals surface area contributed by atoms with Crippen molar-refractivity contribution in [2.75, 3.05) is 5.32 Å². The SMILES string of the molecule is N#Cc1ccc(C2CCc3nc(NC(=N)N)sc3C2)cc1.O=CO. The highest BCUT2D eigenvalue weighted by Gasteiger charge is 2.23. The first-order valence-electron chi connectivity index (χ1n) is 7.25. The Bertz CT molecular complexity index is 764. The lowest BCUT2D eigenvalue weighted by Gasteiger charge is -2.21. The molecule has 0 spiro atoms. The summed E-state index contributed by atoms with van der Waals surface area (Å²) in [4.78, 5) is 14.1. The number of nitrogens with two attached hydrogens (primary N) is 1. The molecule has 8 heteroatoms. The minimum absolute atomic E-state index is 0.0789. The summed E-state index contributed by atoms with van der Waals surface area (Å²) in [6.07, 6.45) is 2.96. The second kappa shape index (κ2) is 8.08. The van der Waals surface area contributed by atoms with Crippen molar-refractivity contribution in [2.24, 2.45) is 5.73 Å². The van der Waals surface area contributed by atoms with E-state index in [2.05, 4.69) is 16.4 Å². The zero-order valence-corrected chi connectivity index (χ0v) is 13.6. The maximum absolute atomic E-state index is 8.85. The van der Waals surface area contributed by atoms with E-state index >= 15 is 0 Å². The zero-order valence-electron chi connectivity index (χ0n) is 12.8. The van der Waals surface area contributed by atoms with Gasteiger partial charge in [0.15, 0.2) is 11.1 Å². The number of benzene rings is 1. The first-order valence-corrected chi connectivity index (χ1v) is 8.06. The van der Waals surface area contributed by atoms with Crippen molar-refractivity contribution < 1.29 is 9.90 Å². The summed E-state index contributed by atoms with van der Waals surface area (Å²) >= 11 is 1.57. The van der Waals surface area contributed by atoms with Crippen molar-refractivity contribution in [3.63, 3.8) is 0 Å². The topological polar surface area (TPSA) is 136 Å². The first-order chi connectivity index (χ1) is 11.6. The standard InChI is InChI=1S/C15H15N5S.CH2O2/c16-8-9-1-3-10(4-2-9)11-5-6-12-13(7-11)21-15(19-12)20-14(17)18;2-1-3/h1-4,11H,5-7H2,(H4,17,18,19,20);1H,(H,2,3). The number of anilines is 1. The van der Waals surface area contributed by atoms with Gasteiger partial charge in [0.05, 0.1) is 17.3 Å². The lowest BCUT2D eigenvalue weighted by molar-refractivity contribution is -0.122. The van der Waals surface area contributed by atoms with Gasteiger partial charge in [-0.1, -0.05) is 12.1 Å². The number of rotatable bonds is 2. The fraction of sp³-hybridized carbons (Fsp3) is 0.250. The van der Waals surface area contributed by atoms with E-state index in [0.717, 1.165) is 25.0 Å². The average molecular weight is 343 g/mol. The molecule has 24 heavy (non-hydrogen) atoms. The molecule has 0 radical (unpaired) electrons. The molecule has 2 aromatic rings. The highest BCUT2D eigenvalue weighted by atomic mass is 32.1. The smallest absolute Gasteiger partial charge is 0.290 e. The highest BCUT2D eigenvalue weighted by molar-refractivity contribution is 7.15. The highest BCUT2D eigenvalue weighted by Crippen LogP contribution is 2.36. The summed E-state index contributed by atoms with van der Waals surface area (Å²) in [6, 6.07) is 9.99. The fourth-order valence-electron chi connectivity index (χ4n) is 2.66. The van der Waals surface area contributed by atoms with Gasteiger partial charge in [-0.3, -0.25) is 10.2 Å². The normalized spacial score (nSPS) is 15.2. The molecule has 5 N–H and O–H groups in total. The molecule has 1 aliphatic rings. The summed E-state index contributed by atoms with van der Waals surface area (Å²) in [5.74, 6) is 0.389. The Balaban J connectivity index is 0.000000647. The van der Waals surface area contributed by atoms with Crippen LogP contribution in [-0.4, -0.2) is 22.5 Å². The monoisotopic (exact) mass is 343 g/mol. The van der Waals surface area contributed by atoms with E-state index in [1.54, 1.807) is 11.3 Å². The summed E-state index contributed by atoms with van der Waals surface area (Å²) < 4.78 is 0. The molecule has 1 aliphatic carbocycles. The van der Waals surface area contributed by atoms with Crippen LogP contribution in [0.15, 0.2) is 24.3 Å². The van der Waals surface area contributed by atoms with Crippen LogP contribution < -0.4 is 11.1 Å². The molecule has 1 aromatic carbocycles. The molecule has 7 nitrogen and oxygen atoms in total. The second-order valence-corrected chi connectivity index (χ2v) is 6.29. The van der Waals surface area contributed by atoms with Gasteiger partial charge in [-0.2, -0.15) is 5.26 Å². The maximum atomic E-state index is 8.85. The minimum atomic E-state index is -0.250. The zero-order chi connectivity index (χ0) is 17.5. The summed E-state index contributed by atoms with van der Waals surface area (Å²) in [5.41, 5.74) is 8.43. The maximum Gasteiger partial charge on any atom is 0.290 e. The van der Waals surface area contributed by atoms with Gasteiger partial charge >= 0.3 is 0 Å². The molecule has 0 saturated heterocycles. The Morgan fingerprint density at radius 3 is 2.75 bits per heavy atom. The average Bonchev–Trinajstić information content (AvgIpc) is 2.96. The largest absolute Gasteiger partial charge is 0.483 e. The lowest BCUT2D eigenvalue weighted by atomic mass is 9.85. The van der Waals surface area contributed by atoms with Crippen LogP contribution in [0.1, 0.15) is 34.0 Å². The number of nitriles is 1. The van der Waals surface area contributed by atoms with Crippen LogP contribution in [0.5, 0.6) is 0 Å². The molecule has 0 aliphatic heterocycles. The molecular formula is C16H17N5O2S. The van der Waals surface area contributed by atoms with Crippen LogP contribution in [-0.2, 0) is 17.6 Å². The van der Waals surface area contributed by atoms with Crippen LogP contribution in [0.25, 0.3) is 0 Å². The van der Waals surface area contributed by atoms with E-state index < -0.39 is 0 Å². The molecule has 0 bridgehead atoms. The molecule has 1 heterocycles. The Hall–Kier alpha value is -2.92. The predicted octanol–water partition coefficient (Wildman–Crippen LogP) is 2.29. The molecule has 1 atom stereocenters. The number of nitrogens with zero attached hydrogens (tertiary/aromatic N) is 2. The molecule has 124 valence electrons. The van der Waals surface area contributed by atoms with Crippen molar-refractivity contribution in [3.05, 3.63) is 46.0 Å². The number of carbonyl (C=O) groups is 1. The van der Waals surface area contributed by atoms with Crippen molar-refractivity contribution in [1.82, 2.24) is 4.98 Å². The molecule has 0 fully saturated rings. The van der Waals surface area contributed by atoms with E-state index in [4.69, 9.17) is 26.3 Å². The molecule has 1 unspecified atom stereocenters. The number of aryl methyl sites for hydroxylation is 1. The van der Waals surface area contributed by atoms with E-state index in [0.29, 0.717) is 16.6 Å². The van der Waals surface area contributed by atoms with Crippen LogP contribution in [0.2, 0.25) is 0 Å². The third-order valence-electron chi connectivity index (χ3n) is 3.69. The first kappa shape index (κ1) is 17.4. The van der Waals surface area contributed by atoms with Gasteiger partial charge in [-0.25, -0.2) is 4.98 Å². The Kier molecular flexibility index (Phi) is 5.87. The molecule has 0 amide bonds. The van der Waals surface area contributed by atoms with Crippen LogP contribution >= 0.6 is 11.3 Å². The number of carboxylic acid groups (broad SMARTS) is 1. The summed E-state index contributed by atoms with van der Waals surface area (Å²) in [7, 11) is 0. The molecule has 3 rings (SSSR count). The predicted molar refractivity (Wildman–Crippen MR) is 92.3 cm³/mol. The number of hydrogen-bond donors (Lipinski definition) is 4. The van der Waals surface area contributed by atoms with Crippen molar-refractivity contribution in [3.8, 4) is 6.07 Å². The Morgan fingerprint density at radius 1 is 1.50 bits per heavy atom. The van der Waals surface area contributed by atoms with E-state index in [1.165, 1.54) is 10.4 Å². The van der Waals surface area contributed by atoms with Gasteiger partial charge in [0, 0.05) is 4.88 Å². The summed E-state index contributed by atoms with van der Waals surface area (Å²) in [6.45, 7) is -0.250. The number of thiazole rings is 1. The number of guanidine groups is 1. The number of aromatic nitrogens is 1. The van der Waals surface area contributed by atoms with Gasteiger partial charge in [-0.15, -0.1) is 11.3 Å². The van der Waals surface area contributed by atoms with Crippen molar-refractivity contribution in [1.29, 1.82) is 10.7 Å². The Labute approximate surface area is 143 Å². The quantitative estimate of drug-likeness (QED) is 0.375. The molecule has 1 aromatic heterocycles. The van der Waals surface area contributed by atoms with Crippen LogP contribution in [0.4, 0.5) is 5.13 Å². The van der Waals surface area contributed by atoms with Crippen LogP contribution in [0, 0.1) is 16.7 Å². The van der Waals surface area contributed by atoms with Crippen LogP contribution in [0.3, 0.4) is 0 Å². The molecular weight excluding hydrogens is 326 g/mol. The minimum Gasteiger partial charge on any atom is -0.483 e. The number of nitrogens with one attached hydrogen (secondary N) is 2. The van der Waals surface area contributed by atoms with Gasteiger partial charge in [-0.05, 0) is 42.9 Å². The lowest BCUT2D eigenvalue weighted by Crippen LogP contribution is -2.20. The fourth-order valence-corrected chi connectivity index (χ4v) is 3.76.